The van der Waals surface area contributed by atoms with Gasteiger partial charge in [0.25, 0.3) is 5.91 Å². The summed E-state index contributed by atoms with van der Waals surface area (Å²) in [6, 6.07) is 7.33. The van der Waals surface area contributed by atoms with Gasteiger partial charge in [-0.3, -0.25) is 4.79 Å². The van der Waals surface area contributed by atoms with Crippen LogP contribution in [0.25, 0.3) is 0 Å². The van der Waals surface area contributed by atoms with Gasteiger partial charge in [-0.15, -0.1) is 0 Å². The zero-order chi connectivity index (χ0) is 16.2. The lowest BCUT2D eigenvalue weighted by molar-refractivity contribution is -0.142. The van der Waals surface area contributed by atoms with Crippen LogP contribution in [0.15, 0.2) is 28.7 Å². The van der Waals surface area contributed by atoms with E-state index in [2.05, 4.69) is 21.2 Å². The molecule has 23 heavy (non-hydrogen) atoms. The van der Waals surface area contributed by atoms with Crippen molar-refractivity contribution in [2.24, 2.45) is 0 Å². The molecule has 0 bridgehead atoms. The molecule has 6 nitrogen and oxygen atoms in total. The standard InChI is InChI=1S/C16H20BrN3O3/c17-12-3-5-13(6-4-12)18-16(22)20-9-7-19(8-10-20)15(21)14-2-1-11-23-14/h3-6,14H,1-2,7-11H2,(H,18,22). The molecule has 2 heterocycles. The fraction of sp³-hybridized carbons (Fsp3) is 0.500. The molecule has 1 unspecified atom stereocenters. The van der Waals surface area contributed by atoms with E-state index in [1.165, 1.54) is 0 Å². The van der Waals surface area contributed by atoms with Gasteiger partial charge in [-0.25, -0.2) is 4.79 Å². The van der Waals surface area contributed by atoms with Crippen molar-refractivity contribution in [3.8, 4) is 0 Å². The normalized spacial score (nSPS) is 21.3. The molecule has 0 saturated carbocycles. The van der Waals surface area contributed by atoms with E-state index < -0.39 is 0 Å². The highest BCUT2D eigenvalue weighted by Crippen LogP contribution is 2.17. The predicted octanol–water partition coefficient (Wildman–Crippen LogP) is 2.30. The molecule has 2 saturated heterocycles. The summed E-state index contributed by atoms with van der Waals surface area (Å²) in [5.41, 5.74) is 0.760. The quantitative estimate of drug-likeness (QED) is 0.854. The average molecular weight is 382 g/mol. The lowest BCUT2D eigenvalue weighted by atomic mass is 10.2. The first kappa shape index (κ1) is 16.3. The first-order chi connectivity index (χ1) is 11.1. The Morgan fingerprint density at radius 1 is 1.09 bits per heavy atom. The van der Waals surface area contributed by atoms with Gasteiger partial charge in [0, 0.05) is 42.9 Å². The number of nitrogens with one attached hydrogen (secondary N) is 1. The predicted molar refractivity (Wildman–Crippen MR) is 90.3 cm³/mol. The zero-order valence-electron chi connectivity index (χ0n) is 12.8. The smallest absolute Gasteiger partial charge is 0.321 e. The van der Waals surface area contributed by atoms with E-state index in [0.29, 0.717) is 32.8 Å². The Labute approximate surface area is 143 Å². The van der Waals surface area contributed by atoms with Crippen LogP contribution in [0.1, 0.15) is 12.8 Å². The summed E-state index contributed by atoms with van der Waals surface area (Å²) in [5, 5.41) is 2.88. The minimum atomic E-state index is -0.279. The van der Waals surface area contributed by atoms with Gasteiger partial charge in [0.1, 0.15) is 6.10 Å². The minimum Gasteiger partial charge on any atom is -0.368 e. The van der Waals surface area contributed by atoms with Gasteiger partial charge in [0.2, 0.25) is 0 Å². The fourth-order valence-electron chi connectivity index (χ4n) is 2.84. The Morgan fingerprint density at radius 3 is 2.35 bits per heavy atom. The molecular weight excluding hydrogens is 362 g/mol. The molecule has 1 aromatic carbocycles. The Hall–Kier alpha value is -1.60. The number of halogens is 1. The number of benzene rings is 1. The summed E-state index contributed by atoms with van der Waals surface area (Å²) in [7, 11) is 0. The van der Waals surface area contributed by atoms with Crippen LogP contribution in [0, 0.1) is 0 Å². The van der Waals surface area contributed by atoms with E-state index in [1.807, 2.05) is 24.3 Å². The van der Waals surface area contributed by atoms with Gasteiger partial charge in [0.05, 0.1) is 0 Å². The lowest BCUT2D eigenvalue weighted by Gasteiger charge is -2.35. The summed E-state index contributed by atoms with van der Waals surface area (Å²) in [6.07, 6.45) is 1.48. The molecule has 7 heteroatoms. The van der Waals surface area contributed by atoms with Crippen molar-refractivity contribution in [2.75, 3.05) is 38.1 Å². The zero-order valence-corrected chi connectivity index (χ0v) is 14.4. The van der Waals surface area contributed by atoms with Gasteiger partial charge in [-0.05, 0) is 37.1 Å². The van der Waals surface area contributed by atoms with E-state index in [1.54, 1.807) is 9.80 Å². The van der Waals surface area contributed by atoms with Crippen molar-refractivity contribution >= 4 is 33.6 Å². The number of urea groups is 1. The van der Waals surface area contributed by atoms with Crippen LogP contribution in [0.2, 0.25) is 0 Å². The largest absolute Gasteiger partial charge is 0.368 e. The summed E-state index contributed by atoms with van der Waals surface area (Å²) in [5.74, 6) is 0.0652. The van der Waals surface area contributed by atoms with Gasteiger partial charge in [-0.2, -0.15) is 0 Å². The highest BCUT2D eigenvalue weighted by molar-refractivity contribution is 9.10. The third-order valence-corrected chi connectivity index (χ3v) is 4.71. The van der Waals surface area contributed by atoms with Crippen LogP contribution < -0.4 is 5.32 Å². The van der Waals surface area contributed by atoms with Crippen LogP contribution >= 0.6 is 15.9 Å². The van der Waals surface area contributed by atoms with Crippen LogP contribution in [0.5, 0.6) is 0 Å². The molecule has 2 fully saturated rings. The van der Waals surface area contributed by atoms with Crippen LogP contribution in [0.3, 0.4) is 0 Å². The topological polar surface area (TPSA) is 61.9 Å². The van der Waals surface area contributed by atoms with Crippen LogP contribution in [-0.2, 0) is 9.53 Å². The second-order valence-electron chi connectivity index (χ2n) is 5.75. The number of nitrogens with zero attached hydrogens (tertiary/aromatic N) is 2. The van der Waals surface area contributed by atoms with E-state index in [9.17, 15) is 9.59 Å². The fourth-order valence-corrected chi connectivity index (χ4v) is 3.11. The number of hydrogen-bond acceptors (Lipinski definition) is 3. The first-order valence-electron chi connectivity index (χ1n) is 7.85. The molecule has 2 aliphatic rings. The molecule has 0 aliphatic carbocycles. The number of carbonyl (C=O) groups excluding carboxylic acids is 2. The van der Waals surface area contributed by atoms with Gasteiger partial charge < -0.3 is 19.9 Å². The maximum Gasteiger partial charge on any atom is 0.321 e. The van der Waals surface area contributed by atoms with Crippen molar-refractivity contribution in [1.82, 2.24) is 9.80 Å². The molecule has 0 radical (unpaired) electrons. The molecule has 0 aromatic heterocycles. The van der Waals surface area contributed by atoms with Crippen LogP contribution in [0.4, 0.5) is 10.5 Å². The Kier molecular flexibility index (Phi) is 5.17. The van der Waals surface area contributed by atoms with E-state index in [4.69, 9.17) is 4.74 Å². The third kappa shape index (κ3) is 4.03. The molecule has 1 atom stereocenters. The van der Waals surface area contributed by atoms with Crippen molar-refractivity contribution in [3.63, 3.8) is 0 Å². The number of piperazine rings is 1. The monoisotopic (exact) mass is 381 g/mol. The molecule has 2 aliphatic heterocycles. The Balaban J connectivity index is 1.49. The second-order valence-corrected chi connectivity index (χ2v) is 6.67. The van der Waals surface area contributed by atoms with Crippen molar-refractivity contribution in [3.05, 3.63) is 28.7 Å². The molecule has 1 N–H and O–H groups in total. The van der Waals surface area contributed by atoms with E-state index >= 15 is 0 Å². The molecule has 124 valence electrons. The Bertz CT molecular complexity index is 564. The molecular formula is C16H20BrN3O3. The highest BCUT2D eigenvalue weighted by atomic mass is 79.9. The lowest BCUT2D eigenvalue weighted by Crippen LogP contribution is -2.53. The molecule has 0 spiro atoms. The molecule has 3 rings (SSSR count). The first-order valence-corrected chi connectivity index (χ1v) is 8.65. The van der Waals surface area contributed by atoms with Gasteiger partial charge >= 0.3 is 6.03 Å². The summed E-state index contributed by atoms with van der Waals surface area (Å²) >= 11 is 3.37. The summed E-state index contributed by atoms with van der Waals surface area (Å²) in [4.78, 5) is 28.1. The maximum atomic E-state index is 12.3. The Morgan fingerprint density at radius 2 is 1.74 bits per heavy atom. The van der Waals surface area contributed by atoms with Gasteiger partial charge in [-0.1, -0.05) is 15.9 Å². The summed E-state index contributed by atoms with van der Waals surface area (Å²) < 4.78 is 6.41. The van der Waals surface area contributed by atoms with Crippen LogP contribution in [-0.4, -0.2) is 60.6 Å². The molecule has 1 aromatic rings. The SMILES string of the molecule is O=C(Nc1ccc(Br)cc1)N1CCN(C(=O)C2CCCO2)CC1. The number of anilines is 1. The summed E-state index contributed by atoms with van der Waals surface area (Å²) in [6.45, 7) is 2.88. The molecule has 3 amide bonds. The average Bonchev–Trinajstić information content (AvgIpc) is 3.11. The number of carbonyl (C=O) groups is 2. The number of amides is 3. The third-order valence-electron chi connectivity index (χ3n) is 4.18. The number of hydrogen-bond donors (Lipinski definition) is 1. The number of rotatable bonds is 2. The maximum absolute atomic E-state index is 12.3. The highest BCUT2D eigenvalue weighted by Gasteiger charge is 2.31. The van der Waals surface area contributed by atoms with E-state index in [0.717, 1.165) is 23.0 Å². The van der Waals surface area contributed by atoms with Gasteiger partial charge in [0.15, 0.2) is 0 Å². The van der Waals surface area contributed by atoms with Crippen molar-refractivity contribution in [1.29, 1.82) is 0 Å². The second kappa shape index (κ2) is 7.31. The van der Waals surface area contributed by atoms with E-state index in [-0.39, 0.29) is 18.0 Å². The number of ether oxygens (including phenoxy) is 1. The van der Waals surface area contributed by atoms with Crippen molar-refractivity contribution in [2.45, 2.75) is 18.9 Å². The minimum absolute atomic E-state index is 0.0652. The van der Waals surface area contributed by atoms with Crippen molar-refractivity contribution < 1.29 is 14.3 Å².